The maximum atomic E-state index is 12.6. The fraction of sp³-hybridized carbons (Fsp3) is 0.609. The molecule has 0 radical (unpaired) electrons. The third kappa shape index (κ3) is 7.35. The van der Waals surface area contributed by atoms with E-state index in [1.165, 1.54) is 0 Å². The number of aliphatic imine (C=N–C) groups is 1. The molecule has 0 bridgehead atoms. The number of rotatable bonds is 8. The van der Waals surface area contributed by atoms with Gasteiger partial charge in [0.15, 0.2) is 5.96 Å². The molecule has 7 heteroatoms. The summed E-state index contributed by atoms with van der Waals surface area (Å²) in [7, 11) is 3.48. The summed E-state index contributed by atoms with van der Waals surface area (Å²) in [5.74, 6) is 1.05. The zero-order valence-corrected chi connectivity index (χ0v) is 18.9. The van der Waals surface area contributed by atoms with Gasteiger partial charge in [0.2, 0.25) is 11.8 Å². The number of amides is 2. The lowest BCUT2D eigenvalue weighted by molar-refractivity contribution is -0.136. The van der Waals surface area contributed by atoms with Crippen LogP contribution in [-0.2, 0) is 16.1 Å². The summed E-state index contributed by atoms with van der Waals surface area (Å²) in [5.41, 5.74) is 1.11. The van der Waals surface area contributed by atoms with Gasteiger partial charge in [-0.2, -0.15) is 0 Å². The van der Waals surface area contributed by atoms with E-state index in [4.69, 9.17) is 0 Å². The van der Waals surface area contributed by atoms with E-state index in [0.29, 0.717) is 12.5 Å². The Labute approximate surface area is 180 Å². The normalized spacial score (nSPS) is 15.2. The zero-order chi connectivity index (χ0) is 21.9. The topological polar surface area (TPSA) is 77.0 Å². The van der Waals surface area contributed by atoms with Crippen LogP contribution >= 0.6 is 0 Å². The van der Waals surface area contributed by atoms with Crippen LogP contribution in [0, 0.1) is 5.92 Å². The standard InChI is InChI=1S/C23H37N5O2/c1-5-19(6-2)22(30)28-14-12-20(13-15-28)26-23(25-17-21(29)27(3)4)24-16-18-10-8-7-9-11-18/h7-11,19-20H,5-6,12-17H2,1-4H3,(H2,24,25,26). The first-order valence-corrected chi connectivity index (χ1v) is 11.0. The molecule has 0 aromatic heterocycles. The van der Waals surface area contributed by atoms with Gasteiger partial charge in [0, 0.05) is 39.1 Å². The van der Waals surface area contributed by atoms with Gasteiger partial charge in [0.05, 0.1) is 13.1 Å². The number of nitrogens with zero attached hydrogens (tertiary/aromatic N) is 3. The summed E-state index contributed by atoms with van der Waals surface area (Å²) in [6.45, 7) is 6.41. The van der Waals surface area contributed by atoms with Crippen LogP contribution < -0.4 is 10.6 Å². The number of carbonyl (C=O) groups is 2. The average molecular weight is 416 g/mol. The molecular formula is C23H37N5O2. The Morgan fingerprint density at radius 3 is 2.33 bits per heavy atom. The highest BCUT2D eigenvalue weighted by atomic mass is 16.2. The molecule has 2 amide bonds. The van der Waals surface area contributed by atoms with Crippen LogP contribution in [0.3, 0.4) is 0 Å². The van der Waals surface area contributed by atoms with E-state index < -0.39 is 0 Å². The van der Waals surface area contributed by atoms with Crippen molar-refractivity contribution in [2.75, 3.05) is 33.7 Å². The Balaban J connectivity index is 1.94. The van der Waals surface area contributed by atoms with Gasteiger partial charge in [-0.1, -0.05) is 44.2 Å². The minimum absolute atomic E-state index is 0.00481. The highest BCUT2D eigenvalue weighted by molar-refractivity contribution is 5.86. The molecule has 0 spiro atoms. The predicted molar refractivity (Wildman–Crippen MR) is 121 cm³/mol. The van der Waals surface area contributed by atoms with Crippen molar-refractivity contribution >= 4 is 17.8 Å². The number of carbonyl (C=O) groups excluding carboxylic acids is 2. The van der Waals surface area contributed by atoms with E-state index in [-0.39, 0.29) is 30.3 Å². The zero-order valence-electron chi connectivity index (χ0n) is 18.9. The van der Waals surface area contributed by atoms with Gasteiger partial charge in [0.25, 0.3) is 0 Å². The molecule has 1 fully saturated rings. The summed E-state index contributed by atoms with van der Waals surface area (Å²) in [6.07, 6.45) is 3.54. The largest absolute Gasteiger partial charge is 0.354 e. The number of hydrogen-bond donors (Lipinski definition) is 2. The molecule has 2 rings (SSSR count). The van der Waals surface area contributed by atoms with Crippen molar-refractivity contribution in [2.24, 2.45) is 10.9 Å². The third-order valence-electron chi connectivity index (χ3n) is 5.65. The highest BCUT2D eigenvalue weighted by Crippen LogP contribution is 2.17. The van der Waals surface area contributed by atoms with Crippen LogP contribution in [0.25, 0.3) is 0 Å². The molecule has 1 aromatic carbocycles. The Morgan fingerprint density at radius 1 is 1.13 bits per heavy atom. The number of benzene rings is 1. The van der Waals surface area contributed by atoms with E-state index in [9.17, 15) is 9.59 Å². The molecule has 0 unspecified atom stereocenters. The van der Waals surface area contributed by atoms with Crippen LogP contribution in [-0.4, -0.2) is 67.3 Å². The van der Waals surface area contributed by atoms with E-state index in [1.54, 1.807) is 19.0 Å². The minimum Gasteiger partial charge on any atom is -0.354 e. The summed E-state index contributed by atoms with van der Waals surface area (Å²) < 4.78 is 0. The fourth-order valence-electron chi connectivity index (χ4n) is 3.56. The third-order valence-corrected chi connectivity index (χ3v) is 5.65. The first-order valence-electron chi connectivity index (χ1n) is 11.0. The second kappa shape index (κ2) is 12.2. The lowest BCUT2D eigenvalue weighted by atomic mass is 9.98. The van der Waals surface area contributed by atoms with Crippen molar-refractivity contribution in [3.63, 3.8) is 0 Å². The molecule has 1 aliphatic heterocycles. The fourth-order valence-corrected chi connectivity index (χ4v) is 3.56. The molecule has 30 heavy (non-hydrogen) atoms. The van der Waals surface area contributed by atoms with Crippen molar-refractivity contribution in [1.82, 2.24) is 20.4 Å². The second-order valence-electron chi connectivity index (χ2n) is 8.05. The highest BCUT2D eigenvalue weighted by Gasteiger charge is 2.27. The first-order chi connectivity index (χ1) is 14.4. The lowest BCUT2D eigenvalue weighted by Crippen LogP contribution is -2.51. The maximum absolute atomic E-state index is 12.6. The minimum atomic E-state index is -0.00481. The molecule has 7 nitrogen and oxygen atoms in total. The summed E-state index contributed by atoms with van der Waals surface area (Å²) >= 11 is 0. The number of guanidine groups is 1. The van der Waals surface area contributed by atoms with E-state index in [2.05, 4.69) is 29.5 Å². The molecule has 1 saturated heterocycles. The number of likely N-dealkylation sites (N-methyl/N-ethyl adjacent to an activating group) is 1. The van der Waals surface area contributed by atoms with Gasteiger partial charge < -0.3 is 20.4 Å². The molecule has 0 saturated carbocycles. The number of piperidine rings is 1. The van der Waals surface area contributed by atoms with Gasteiger partial charge in [-0.3, -0.25) is 9.59 Å². The van der Waals surface area contributed by atoms with Crippen LogP contribution in [0.4, 0.5) is 0 Å². The van der Waals surface area contributed by atoms with Crippen LogP contribution in [0.2, 0.25) is 0 Å². The van der Waals surface area contributed by atoms with Crippen LogP contribution in [0.5, 0.6) is 0 Å². The van der Waals surface area contributed by atoms with Crippen LogP contribution in [0.15, 0.2) is 35.3 Å². The second-order valence-corrected chi connectivity index (χ2v) is 8.05. The molecule has 1 heterocycles. The first kappa shape index (κ1) is 23.7. The predicted octanol–water partition coefficient (Wildman–Crippen LogP) is 2.24. The maximum Gasteiger partial charge on any atom is 0.241 e. The Morgan fingerprint density at radius 2 is 1.77 bits per heavy atom. The number of likely N-dealkylation sites (tertiary alicyclic amines) is 1. The molecule has 2 N–H and O–H groups in total. The Kier molecular flexibility index (Phi) is 9.64. The summed E-state index contributed by atoms with van der Waals surface area (Å²) in [4.78, 5) is 32.8. The van der Waals surface area contributed by atoms with Crippen molar-refractivity contribution in [1.29, 1.82) is 0 Å². The Bertz CT molecular complexity index is 693. The number of nitrogens with one attached hydrogen (secondary N) is 2. The van der Waals surface area contributed by atoms with Crippen LogP contribution in [0.1, 0.15) is 45.1 Å². The monoisotopic (exact) mass is 415 g/mol. The summed E-state index contributed by atoms with van der Waals surface area (Å²) in [6, 6.07) is 10.3. The number of hydrogen-bond acceptors (Lipinski definition) is 3. The van der Waals surface area contributed by atoms with E-state index >= 15 is 0 Å². The lowest BCUT2D eigenvalue weighted by Gasteiger charge is -2.35. The van der Waals surface area contributed by atoms with Crippen molar-refractivity contribution in [3.05, 3.63) is 35.9 Å². The van der Waals surface area contributed by atoms with E-state index in [1.807, 2.05) is 35.2 Å². The van der Waals surface area contributed by atoms with Crippen molar-refractivity contribution in [3.8, 4) is 0 Å². The molecule has 1 aliphatic rings. The average Bonchev–Trinajstić information content (AvgIpc) is 2.77. The van der Waals surface area contributed by atoms with Gasteiger partial charge >= 0.3 is 0 Å². The molecule has 166 valence electrons. The smallest absolute Gasteiger partial charge is 0.241 e. The molecular weight excluding hydrogens is 378 g/mol. The van der Waals surface area contributed by atoms with Gasteiger partial charge in [-0.25, -0.2) is 4.99 Å². The van der Waals surface area contributed by atoms with Gasteiger partial charge in [-0.05, 0) is 31.2 Å². The molecule has 0 aliphatic carbocycles. The SMILES string of the molecule is CCC(CC)C(=O)N1CCC(NC(=NCc2ccccc2)NCC(=O)N(C)C)CC1. The summed E-state index contributed by atoms with van der Waals surface area (Å²) in [5, 5.41) is 6.62. The van der Waals surface area contributed by atoms with E-state index in [0.717, 1.165) is 44.3 Å². The molecule has 0 atom stereocenters. The Hall–Kier alpha value is -2.57. The molecule has 1 aromatic rings. The van der Waals surface area contributed by atoms with Crippen molar-refractivity contribution < 1.29 is 9.59 Å². The van der Waals surface area contributed by atoms with Crippen molar-refractivity contribution in [2.45, 2.75) is 52.1 Å². The quantitative estimate of drug-likeness (QED) is 0.504. The van der Waals surface area contributed by atoms with Gasteiger partial charge in [-0.15, -0.1) is 0 Å². The van der Waals surface area contributed by atoms with Gasteiger partial charge in [0.1, 0.15) is 0 Å².